The Balaban J connectivity index is 1.03. The Hall–Kier alpha value is -7.20. The van der Waals surface area contributed by atoms with E-state index >= 15 is 0 Å². The summed E-state index contributed by atoms with van der Waals surface area (Å²) in [5, 5.41) is 4.87. The number of nitrogens with zero attached hydrogens (tertiary/aromatic N) is 1. The number of anilines is 3. The van der Waals surface area contributed by atoms with Gasteiger partial charge in [-0.3, -0.25) is 0 Å². The van der Waals surface area contributed by atoms with Gasteiger partial charge < -0.3 is 9.32 Å². The molecule has 0 aliphatic carbocycles. The van der Waals surface area contributed by atoms with Crippen molar-refractivity contribution in [2.75, 3.05) is 4.90 Å². The third-order valence-corrected chi connectivity index (χ3v) is 12.2. The van der Waals surface area contributed by atoms with Crippen LogP contribution in [0.2, 0.25) is 0 Å². The monoisotopic (exact) mass is 745 g/mol. The van der Waals surface area contributed by atoms with Crippen LogP contribution >= 0.6 is 11.3 Å². The van der Waals surface area contributed by atoms with Crippen LogP contribution < -0.4 is 4.90 Å². The average molecular weight is 746 g/mol. The van der Waals surface area contributed by atoms with Crippen molar-refractivity contribution in [2.45, 2.75) is 0 Å². The fraction of sp³-hybridized carbons (Fsp3) is 0. The molecule has 57 heavy (non-hydrogen) atoms. The zero-order valence-electron chi connectivity index (χ0n) is 31.0. The van der Waals surface area contributed by atoms with Crippen molar-refractivity contribution in [2.24, 2.45) is 0 Å². The van der Waals surface area contributed by atoms with E-state index in [4.69, 9.17) is 4.42 Å². The van der Waals surface area contributed by atoms with Crippen LogP contribution in [0.15, 0.2) is 217 Å². The van der Waals surface area contributed by atoms with Gasteiger partial charge in [0.1, 0.15) is 11.2 Å². The van der Waals surface area contributed by atoms with Crippen molar-refractivity contribution in [1.29, 1.82) is 0 Å². The highest BCUT2D eigenvalue weighted by atomic mass is 32.1. The lowest BCUT2D eigenvalue weighted by atomic mass is 9.92. The van der Waals surface area contributed by atoms with E-state index in [1.165, 1.54) is 53.6 Å². The molecule has 0 aliphatic rings. The number of para-hydroxylation sites is 2. The summed E-state index contributed by atoms with van der Waals surface area (Å²) in [6.07, 6.45) is 0. The Bertz CT molecular complexity index is 3080. The summed E-state index contributed by atoms with van der Waals surface area (Å²) < 4.78 is 8.84. The zero-order chi connectivity index (χ0) is 37.7. The molecular weight excluding hydrogens is 711 g/mol. The minimum Gasteiger partial charge on any atom is -0.456 e. The summed E-state index contributed by atoms with van der Waals surface area (Å²) >= 11 is 1.86. The molecule has 0 amide bonds. The molecule has 0 spiro atoms. The molecule has 2 nitrogen and oxygen atoms in total. The Labute approximate surface area is 335 Å². The molecule has 9 aromatic carbocycles. The number of furan rings is 1. The van der Waals surface area contributed by atoms with Crippen LogP contribution in [0.5, 0.6) is 0 Å². The molecule has 11 rings (SSSR count). The van der Waals surface area contributed by atoms with E-state index < -0.39 is 0 Å². The zero-order valence-corrected chi connectivity index (χ0v) is 31.8. The number of thiophene rings is 1. The lowest BCUT2D eigenvalue weighted by molar-refractivity contribution is 0.669. The van der Waals surface area contributed by atoms with Gasteiger partial charge in [0.25, 0.3) is 0 Å². The molecule has 0 unspecified atom stereocenters. The molecule has 11 aromatic rings. The van der Waals surface area contributed by atoms with Crippen molar-refractivity contribution < 1.29 is 4.42 Å². The maximum atomic E-state index is 6.22. The lowest BCUT2D eigenvalue weighted by Crippen LogP contribution is -2.09. The maximum absolute atomic E-state index is 6.22. The van der Waals surface area contributed by atoms with Gasteiger partial charge in [-0.25, -0.2) is 0 Å². The fourth-order valence-corrected chi connectivity index (χ4v) is 9.29. The van der Waals surface area contributed by atoms with Gasteiger partial charge in [-0.2, -0.15) is 0 Å². The molecule has 2 aromatic heterocycles. The van der Waals surface area contributed by atoms with Gasteiger partial charge in [0.2, 0.25) is 0 Å². The molecule has 0 atom stereocenters. The van der Waals surface area contributed by atoms with Crippen molar-refractivity contribution in [3.8, 4) is 44.5 Å². The van der Waals surface area contributed by atoms with Gasteiger partial charge in [-0.05, 0) is 136 Å². The molecule has 0 saturated carbocycles. The number of rotatable bonds is 7. The highest BCUT2D eigenvalue weighted by Gasteiger charge is 2.16. The number of hydrogen-bond donors (Lipinski definition) is 0. The average Bonchev–Trinajstić information content (AvgIpc) is 3.85. The quantitative estimate of drug-likeness (QED) is 0.162. The molecule has 0 aliphatic heterocycles. The summed E-state index contributed by atoms with van der Waals surface area (Å²) in [5.74, 6) is 0. The van der Waals surface area contributed by atoms with Gasteiger partial charge in [-0.1, -0.05) is 121 Å². The third-order valence-electron chi connectivity index (χ3n) is 11.1. The van der Waals surface area contributed by atoms with E-state index in [0.717, 1.165) is 50.1 Å². The summed E-state index contributed by atoms with van der Waals surface area (Å²) in [6, 6.07) is 76.5. The van der Waals surface area contributed by atoms with Crippen LogP contribution in [0.25, 0.3) is 86.6 Å². The van der Waals surface area contributed by atoms with Gasteiger partial charge in [0, 0.05) is 48.0 Å². The molecule has 0 saturated heterocycles. The first-order valence-electron chi connectivity index (χ1n) is 19.3. The Morgan fingerprint density at radius 3 is 1.44 bits per heavy atom. The van der Waals surface area contributed by atoms with E-state index in [1.54, 1.807) is 0 Å². The van der Waals surface area contributed by atoms with Gasteiger partial charge in [-0.15, -0.1) is 11.3 Å². The van der Waals surface area contributed by atoms with Crippen molar-refractivity contribution in [3.05, 3.63) is 212 Å². The number of fused-ring (bicyclic) bond motifs is 6. The predicted octanol–water partition coefficient (Wildman–Crippen LogP) is 16.1. The molecule has 3 heteroatoms. The number of benzene rings is 9. The summed E-state index contributed by atoms with van der Waals surface area (Å²) in [7, 11) is 0. The second kappa shape index (κ2) is 13.8. The molecule has 0 radical (unpaired) electrons. The van der Waals surface area contributed by atoms with Gasteiger partial charge in [0.15, 0.2) is 0 Å². The highest BCUT2D eigenvalue weighted by molar-refractivity contribution is 7.25. The Morgan fingerprint density at radius 2 is 0.737 bits per heavy atom. The summed E-state index contributed by atoms with van der Waals surface area (Å²) in [6.45, 7) is 0. The largest absolute Gasteiger partial charge is 0.456 e. The van der Waals surface area contributed by atoms with Crippen LogP contribution in [-0.4, -0.2) is 0 Å². The van der Waals surface area contributed by atoms with Crippen LogP contribution in [0.1, 0.15) is 0 Å². The standard InChI is InChI=1S/C54H35NOS/c1-3-11-36(12-4-1)37-19-25-45(26-20-37)55(44-13-5-2-6-14-44)46-27-21-38(22-28-46)41-31-42(39-23-29-52-49(34-39)47-15-7-9-17-51(47)56-52)33-43(32-41)40-24-30-54-50(35-40)48-16-8-10-18-53(48)57-54/h1-35H. The van der Waals surface area contributed by atoms with Crippen molar-refractivity contribution in [1.82, 2.24) is 0 Å². The van der Waals surface area contributed by atoms with Crippen LogP contribution in [0.3, 0.4) is 0 Å². The Kier molecular flexibility index (Phi) is 8.04. The van der Waals surface area contributed by atoms with Crippen LogP contribution in [0, 0.1) is 0 Å². The predicted molar refractivity (Wildman–Crippen MR) is 243 cm³/mol. The smallest absolute Gasteiger partial charge is 0.135 e. The van der Waals surface area contributed by atoms with Crippen molar-refractivity contribution in [3.63, 3.8) is 0 Å². The van der Waals surface area contributed by atoms with Crippen molar-refractivity contribution >= 4 is 70.5 Å². The van der Waals surface area contributed by atoms with Gasteiger partial charge in [0.05, 0.1) is 0 Å². The van der Waals surface area contributed by atoms with Crippen LogP contribution in [-0.2, 0) is 0 Å². The van der Waals surface area contributed by atoms with Crippen LogP contribution in [0.4, 0.5) is 17.1 Å². The SMILES string of the molecule is c1ccc(-c2ccc(N(c3ccccc3)c3ccc(-c4cc(-c5ccc6oc7ccccc7c6c5)cc(-c5ccc6sc7ccccc7c6c5)c4)cc3)cc2)cc1. The van der Waals surface area contributed by atoms with E-state index in [0.29, 0.717) is 0 Å². The lowest BCUT2D eigenvalue weighted by Gasteiger charge is -2.26. The third kappa shape index (κ3) is 6.06. The second-order valence-electron chi connectivity index (χ2n) is 14.5. The highest BCUT2D eigenvalue weighted by Crippen LogP contribution is 2.41. The van der Waals surface area contributed by atoms with E-state index in [9.17, 15) is 0 Å². The first kappa shape index (κ1) is 33.2. The topological polar surface area (TPSA) is 16.4 Å². The summed E-state index contributed by atoms with van der Waals surface area (Å²) in [5.41, 5.74) is 14.6. The first-order chi connectivity index (χ1) is 28.2. The molecular formula is C54H35NOS. The molecule has 0 fully saturated rings. The second-order valence-corrected chi connectivity index (χ2v) is 15.6. The minimum absolute atomic E-state index is 0.902. The molecule has 0 N–H and O–H groups in total. The fourth-order valence-electron chi connectivity index (χ4n) is 8.20. The van der Waals surface area contributed by atoms with Gasteiger partial charge >= 0.3 is 0 Å². The molecule has 2 heterocycles. The normalized spacial score (nSPS) is 11.5. The van der Waals surface area contributed by atoms with E-state index in [2.05, 4.69) is 205 Å². The molecule has 0 bridgehead atoms. The van der Waals surface area contributed by atoms with E-state index in [-0.39, 0.29) is 0 Å². The van der Waals surface area contributed by atoms with E-state index in [1.807, 2.05) is 23.5 Å². The summed E-state index contributed by atoms with van der Waals surface area (Å²) in [4.78, 5) is 2.32. The minimum atomic E-state index is 0.902. The first-order valence-corrected chi connectivity index (χ1v) is 20.1. The number of hydrogen-bond acceptors (Lipinski definition) is 3. The Morgan fingerprint density at radius 1 is 0.281 bits per heavy atom. The maximum Gasteiger partial charge on any atom is 0.135 e. The molecule has 268 valence electrons.